The zero-order valence-corrected chi connectivity index (χ0v) is 17.8. The smallest absolute Gasteiger partial charge is 0.253 e. The third-order valence-corrected chi connectivity index (χ3v) is 5.18. The minimum atomic E-state index is -0.342. The highest BCUT2D eigenvalue weighted by atomic mass is 32.1. The van der Waals surface area contributed by atoms with Crippen molar-refractivity contribution in [3.05, 3.63) is 94.2 Å². The number of thiocarbonyl (C=S) groups is 1. The zero-order chi connectivity index (χ0) is 21.2. The summed E-state index contributed by atoms with van der Waals surface area (Å²) in [7, 11) is 0. The van der Waals surface area contributed by atoms with Crippen LogP contribution >= 0.6 is 23.6 Å². The molecule has 2 amide bonds. The van der Waals surface area contributed by atoms with Gasteiger partial charge in [-0.05, 0) is 53.9 Å². The van der Waals surface area contributed by atoms with E-state index in [1.54, 1.807) is 30.3 Å². The van der Waals surface area contributed by atoms with Gasteiger partial charge >= 0.3 is 0 Å². The molecule has 0 saturated carbocycles. The van der Waals surface area contributed by atoms with Crippen molar-refractivity contribution in [1.82, 2.24) is 10.6 Å². The second-order valence-electron chi connectivity index (χ2n) is 6.33. The van der Waals surface area contributed by atoms with E-state index in [2.05, 4.69) is 16.0 Å². The molecule has 1 aromatic heterocycles. The van der Waals surface area contributed by atoms with Gasteiger partial charge in [-0.1, -0.05) is 48.5 Å². The molecule has 30 heavy (non-hydrogen) atoms. The molecule has 3 aromatic rings. The lowest BCUT2D eigenvalue weighted by Crippen LogP contribution is -2.34. The van der Waals surface area contributed by atoms with Gasteiger partial charge in [-0.2, -0.15) is 0 Å². The normalized spacial score (nSPS) is 10.5. The Bertz CT molecular complexity index is 1030. The Morgan fingerprint density at radius 1 is 0.967 bits per heavy atom. The van der Waals surface area contributed by atoms with Crippen molar-refractivity contribution in [2.24, 2.45) is 0 Å². The summed E-state index contributed by atoms with van der Waals surface area (Å²) in [4.78, 5) is 25.6. The van der Waals surface area contributed by atoms with E-state index >= 15 is 0 Å². The fraction of sp³-hybridized carbons (Fsp3) is 0.0870. The molecule has 0 aliphatic heterocycles. The van der Waals surface area contributed by atoms with E-state index in [0.717, 1.165) is 16.9 Å². The molecule has 7 heteroatoms. The summed E-state index contributed by atoms with van der Waals surface area (Å²) in [6.07, 6.45) is 3.88. The first-order chi connectivity index (χ1) is 14.6. The molecule has 0 bridgehead atoms. The van der Waals surface area contributed by atoms with E-state index in [-0.39, 0.29) is 16.9 Å². The minimum Gasteiger partial charge on any atom is -0.352 e. The predicted octanol–water partition coefficient (Wildman–Crippen LogP) is 4.25. The summed E-state index contributed by atoms with van der Waals surface area (Å²) >= 11 is 6.75. The molecule has 2 aromatic carbocycles. The number of amides is 2. The van der Waals surface area contributed by atoms with Crippen LogP contribution in [0.15, 0.2) is 78.2 Å². The molecular formula is C23H21N3O2S2. The molecule has 5 nitrogen and oxygen atoms in total. The molecule has 1 heterocycles. The lowest BCUT2D eigenvalue weighted by molar-refractivity contribution is -0.115. The van der Waals surface area contributed by atoms with Crippen LogP contribution in [0.3, 0.4) is 0 Å². The van der Waals surface area contributed by atoms with Gasteiger partial charge in [-0.15, -0.1) is 11.3 Å². The first kappa shape index (κ1) is 21.4. The van der Waals surface area contributed by atoms with Crippen molar-refractivity contribution in [3.8, 4) is 0 Å². The first-order valence-corrected chi connectivity index (χ1v) is 10.7. The summed E-state index contributed by atoms with van der Waals surface area (Å²) in [5.74, 6) is -0.550. The Morgan fingerprint density at radius 3 is 2.50 bits per heavy atom. The fourth-order valence-electron chi connectivity index (χ4n) is 2.70. The third kappa shape index (κ3) is 6.65. The number of carbonyl (C=O) groups is 2. The van der Waals surface area contributed by atoms with E-state index in [1.165, 1.54) is 17.4 Å². The van der Waals surface area contributed by atoms with Gasteiger partial charge in [0.25, 0.3) is 5.91 Å². The van der Waals surface area contributed by atoms with E-state index in [9.17, 15) is 9.59 Å². The van der Waals surface area contributed by atoms with Gasteiger partial charge in [-0.25, -0.2) is 0 Å². The van der Waals surface area contributed by atoms with Crippen LogP contribution in [0, 0.1) is 0 Å². The highest BCUT2D eigenvalue weighted by molar-refractivity contribution is 7.80. The largest absolute Gasteiger partial charge is 0.352 e. The summed E-state index contributed by atoms with van der Waals surface area (Å²) < 4.78 is 0. The van der Waals surface area contributed by atoms with Crippen molar-refractivity contribution < 1.29 is 9.59 Å². The van der Waals surface area contributed by atoms with Crippen LogP contribution in [-0.2, 0) is 11.2 Å². The Balaban J connectivity index is 1.54. The van der Waals surface area contributed by atoms with E-state index in [0.29, 0.717) is 17.8 Å². The van der Waals surface area contributed by atoms with Gasteiger partial charge in [0.15, 0.2) is 5.11 Å². The number of rotatable bonds is 7. The third-order valence-electron chi connectivity index (χ3n) is 4.14. The first-order valence-electron chi connectivity index (χ1n) is 9.36. The number of hydrogen-bond donors (Lipinski definition) is 3. The Labute approximate surface area is 184 Å². The van der Waals surface area contributed by atoms with Crippen molar-refractivity contribution >= 4 is 52.2 Å². The molecule has 0 radical (unpaired) electrons. The number of carbonyl (C=O) groups excluding carboxylic acids is 2. The molecule has 0 aliphatic carbocycles. The molecule has 152 valence electrons. The predicted molar refractivity (Wildman–Crippen MR) is 127 cm³/mol. The van der Waals surface area contributed by atoms with Crippen LogP contribution in [0.25, 0.3) is 6.08 Å². The standard InChI is InChI=1S/C23H21N3O2S2/c27-21(13-12-18-9-6-16-30-18)26-23(29)25-20-11-5-4-10-19(20)22(28)24-15-14-17-7-2-1-3-8-17/h1-13,16H,14-15H2,(H,24,28)(H2,25,26,27,29)/b13-12+. The fourth-order valence-corrected chi connectivity index (χ4v) is 3.53. The maximum absolute atomic E-state index is 12.6. The molecule has 0 atom stereocenters. The lowest BCUT2D eigenvalue weighted by Gasteiger charge is -2.13. The molecule has 0 spiro atoms. The molecular weight excluding hydrogens is 414 g/mol. The molecule has 0 saturated heterocycles. The quantitative estimate of drug-likeness (QED) is 0.383. The maximum atomic E-state index is 12.6. The SMILES string of the molecule is O=C(/C=C/c1cccs1)NC(=S)Nc1ccccc1C(=O)NCCc1ccccc1. The zero-order valence-electron chi connectivity index (χ0n) is 16.1. The highest BCUT2D eigenvalue weighted by Crippen LogP contribution is 2.15. The number of anilines is 1. The van der Waals surface area contributed by atoms with Gasteiger partial charge in [-0.3, -0.25) is 14.9 Å². The Morgan fingerprint density at radius 2 is 1.73 bits per heavy atom. The highest BCUT2D eigenvalue weighted by Gasteiger charge is 2.12. The van der Waals surface area contributed by atoms with Gasteiger partial charge in [0.1, 0.15) is 0 Å². The summed E-state index contributed by atoms with van der Waals surface area (Å²) in [6, 6.07) is 20.8. The second kappa shape index (κ2) is 11.0. The monoisotopic (exact) mass is 435 g/mol. The summed E-state index contributed by atoms with van der Waals surface area (Å²) in [5.41, 5.74) is 2.14. The number of hydrogen-bond acceptors (Lipinski definition) is 4. The van der Waals surface area contributed by atoms with Gasteiger partial charge in [0.2, 0.25) is 5.91 Å². The maximum Gasteiger partial charge on any atom is 0.253 e. The Kier molecular flexibility index (Phi) is 7.88. The van der Waals surface area contributed by atoms with Crippen LogP contribution < -0.4 is 16.0 Å². The number of thiophene rings is 1. The minimum absolute atomic E-state index is 0.125. The Hall–Kier alpha value is -3.29. The lowest BCUT2D eigenvalue weighted by atomic mass is 10.1. The second-order valence-corrected chi connectivity index (χ2v) is 7.72. The van der Waals surface area contributed by atoms with E-state index < -0.39 is 0 Å². The van der Waals surface area contributed by atoms with Crippen LogP contribution in [0.2, 0.25) is 0 Å². The van der Waals surface area contributed by atoms with Crippen LogP contribution in [-0.4, -0.2) is 23.5 Å². The molecule has 3 N–H and O–H groups in total. The average Bonchev–Trinajstić information content (AvgIpc) is 3.27. The van der Waals surface area contributed by atoms with Crippen molar-refractivity contribution in [3.63, 3.8) is 0 Å². The van der Waals surface area contributed by atoms with E-state index in [4.69, 9.17) is 12.2 Å². The van der Waals surface area contributed by atoms with Crippen LogP contribution in [0.1, 0.15) is 20.8 Å². The van der Waals surface area contributed by atoms with Gasteiger partial charge in [0.05, 0.1) is 11.3 Å². The average molecular weight is 436 g/mol. The molecule has 0 fully saturated rings. The number of para-hydroxylation sites is 1. The van der Waals surface area contributed by atoms with Crippen molar-refractivity contribution in [2.75, 3.05) is 11.9 Å². The van der Waals surface area contributed by atoms with E-state index in [1.807, 2.05) is 47.8 Å². The number of nitrogens with one attached hydrogen (secondary N) is 3. The van der Waals surface area contributed by atoms with Crippen LogP contribution in [0.4, 0.5) is 5.69 Å². The van der Waals surface area contributed by atoms with Crippen molar-refractivity contribution in [2.45, 2.75) is 6.42 Å². The van der Waals surface area contributed by atoms with Crippen molar-refractivity contribution in [1.29, 1.82) is 0 Å². The number of benzene rings is 2. The molecule has 0 aliphatic rings. The van der Waals surface area contributed by atoms with Gasteiger partial charge < -0.3 is 10.6 Å². The molecule has 3 rings (SSSR count). The topological polar surface area (TPSA) is 70.2 Å². The molecule has 0 unspecified atom stereocenters. The summed E-state index contributed by atoms with van der Waals surface area (Å²) in [5, 5.41) is 10.5. The van der Waals surface area contributed by atoms with Gasteiger partial charge in [0, 0.05) is 17.5 Å². The van der Waals surface area contributed by atoms with Crippen LogP contribution in [0.5, 0.6) is 0 Å². The summed E-state index contributed by atoms with van der Waals surface area (Å²) in [6.45, 7) is 0.520.